The second-order valence-electron chi connectivity index (χ2n) is 12.3. The molecule has 0 amide bonds. The first-order chi connectivity index (χ1) is 21.8. The lowest BCUT2D eigenvalue weighted by molar-refractivity contribution is -0.274. The van der Waals surface area contributed by atoms with Gasteiger partial charge in [0, 0.05) is 41.2 Å². The Bertz CT molecular complexity index is 1860. The highest BCUT2D eigenvalue weighted by molar-refractivity contribution is 5.93. The first kappa shape index (κ1) is 30.1. The Labute approximate surface area is 258 Å². The zero-order valence-electron chi connectivity index (χ0n) is 24.2. The summed E-state index contributed by atoms with van der Waals surface area (Å²) in [4.78, 5) is 17.3. The van der Waals surface area contributed by atoms with Gasteiger partial charge in [-0.3, -0.25) is 0 Å². The molecule has 1 aliphatic heterocycles. The molecule has 0 bridgehead atoms. The lowest BCUT2D eigenvalue weighted by atomic mass is 9.60. The Hall–Kier alpha value is -4.55. The van der Waals surface area contributed by atoms with Crippen LogP contribution in [0.15, 0.2) is 58.6 Å². The Morgan fingerprint density at radius 3 is 2.39 bits per heavy atom. The van der Waals surface area contributed by atoms with Crippen LogP contribution in [0, 0.1) is 5.41 Å². The quantitative estimate of drug-likeness (QED) is 0.210. The van der Waals surface area contributed by atoms with Gasteiger partial charge < -0.3 is 19.3 Å². The van der Waals surface area contributed by atoms with Crippen molar-refractivity contribution in [3.8, 4) is 17.0 Å². The number of anilines is 1. The van der Waals surface area contributed by atoms with Gasteiger partial charge in [0.25, 0.3) is 0 Å². The number of alkyl halides is 6. The maximum atomic E-state index is 13.8. The number of carboxylic acids is 1. The van der Waals surface area contributed by atoms with E-state index in [0.29, 0.717) is 41.9 Å². The number of para-hydroxylation sites is 1. The van der Waals surface area contributed by atoms with Crippen molar-refractivity contribution < 1.29 is 45.5 Å². The van der Waals surface area contributed by atoms with Gasteiger partial charge in [0.15, 0.2) is 0 Å². The van der Waals surface area contributed by atoms with E-state index < -0.39 is 29.8 Å². The third-order valence-corrected chi connectivity index (χ3v) is 9.13. The largest absolute Gasteiger partial charge is 0.573 e. The molecule has 3 heterocycles. The molecule has 1 N–H and O–H groups in total. The smallest absolute Gasteiger partial charge is 0.477 e. The van der Waals surface area contributed by atoms with Crippen LogP contribution in [0.3, 0.4) is 0 Å². The van der Waals surface area contributed by atoms with E-state index in [1.54, 1.807) is 12.1 Å². The number of pyridine rings is 1. The first-order valence-electron chi connectivity index (χ1n) is 14.8. The van der Waals surface area contributed by atoms with Crippen LogP contribution in [0.4, 0.5) is 32.0 Å². The minimum absolute atomic E-state index is 0.0165. The van der Waals surface area contributed by atoms with Crippen molar-refractivity contribution in [1.82, 2.24) is 10.1 Å². The van der Waals surface area contributed by atoms with Crippen LogP contribution in [0.25, 0.3) is 28.2 Å². The summed E-state index contributed by atoms with van der Waals surface area (Å²) in [6.45, 7) is 1.24. The zero-order chi connectivity index (χ0) is 32.4. The molecule has 7 nitrogen and oxygen atoms in total. The van der Waals surface area contributed by atoms with Gasteiger partial charge in [0.05, 0.1) is 11.1 Å². The Balaban J connectivity index is 1.09. The molecule has 7 rings (SSSR count). The maximum absolute atomic E-state index is 13.8. The highest BCUT2D eigenvalue weighted by atomic mass is 19.4. The number of rotatable bonds is 6. The number of hydrogen-bond acceptors (Lipinski definition) is 6. The maximum Gasteiger partial charge on any atom is 0.573 e. The van der Waals surface area contributed by atoms with Crippen molar-refractivity contribution in [2.75, 3.05) is 18.0 Å². The summed E-state index contributed by atoms with van der Waals surface area (Å²) in [6, 6.07) is 10.9. The Kier molecular flexibility index (Phi) is 7.05. The molecule has 46 heavy (non-hydrogen) atoms. The summed E-state index contributed by atoms with van der Waals surface area (Å²) in [6.07, 6.45) is -2.60. The summed E-state index contributed by atoms with van der Waals surface area (Å²) in [5.41, 5.74) is 1.21. The van der Waals surface area contributed by atoms with E-state index in [0.717, 1.165) is 44.1 Å². The summed E-state index contributed by atoms with van der Waals surface area (Å²) in [5, 5.41) is 13.2. The van der Waals surface area contributed by atoms with Crippen molar-refractivity contribution in [2.24, 2.45) is 5.41 Å². The summed E-state index contributed by atoms with van der Waals surface area (Å²) >= 11 is 0. The fourth-order valence-corrected chi connectivity index (χ4v) is 6.72. The van der Waals surface area contributed by atoms with Crippen LogP contribution < -0.4 is 9.64 Å². The summed E-state index contributed by atoms with van der Waals surface area (Å²) < 4.78 is 90.8. The number of hydrogen-bond donors (Lipinski definition) is 1. The average Bonchev–Trinajstić information content (AvgIpc) is 3.74. The third kappa shape index (κ3) is 5.78. The number of carboxylic acid groups (broad SMARTS) is 1. The van der Waals surface area contributed by atoms with E-state index in [1.807, 2.05) is 11.0 Å². The number of carbonyl (C=O) groups is 1. The minimum Gasteiger partial charge on any atom is -0.477 e. The number of aromatic carboxylic acids is 1. The Morgan fingerprint density at radius 2 is 1.74 bits per heavy atom. The monoisotopic (exact) mass is 643 g/mol. The molecule has 2 saturated carbocycles. The highest BCUT2D eigenvalue weighted by Crippen LogP contribution is 2.55. The molecule has 2 aromatic carbocycles. The van der Waals surface area contributed by atoms with Crippen LogP contribution >= 0.6 is 0 Å². The molecular weight excluding hydrogens is 616 g/mol. The van der Waals surface area contributed by atoms with E-state index in [9.17, 15) is 36.2 Å². The van der Waals surface area contributed by atoms with E-state index in [2.05, 4.69) is 14.9 Å². The predicted molar refractivity (Wildman–Crippen MR) is 155 cm³/mol. The van der Waals surface area contributed by atoms with Gasteiger partial charge >= 0.3 is 18.5 Å². The number of aromatic nitrogens is 2. The number of allylic oxidation sites excluding steroid dienone is 1. The number of fused-ring (bicyclic) bond motifs is 1. The van der Waals surface area contributed by atoms with E-state index in [1.165, 1.54) is 30.3 Å². The summed E-state index contributed by atoms with van der Waals surface area (Å²) in [5.74, 6) is -1.04. The van der Waals surface area contributed by atoms with E-state index in [-0.39, 0.29) is 33.5 Å². The number of halogens is 6. The van der Waals surface area contributed by atoms with Crippen LogP contribution in [0.5, 0.6) is 5.75 Å². The topological polar surface area (TPSA) is 88.7 Å². The molecule has 1 spiro atoms. The van der Waals surface area contributed by atoms with E-state index >= 15 is 0 Å². The van der Waals surface area contributed by atoms with Crippen LogP contribution in [0.2, 0.25) is 0 Å². The highest BCUT2D eigenvalue weighted by Gasteiger charge is 2.44. The van der Waals surface area contributed by atoms with Gasteiger partial charge in [-0.05, 0) is 86.4 Å². The normalized spacial score (nSPS) is 18.1. The predicted octanol–water partition coefficient (Wildman–Crippen LogP) is 8.85. The molecule has 240 valence electrons. The standard InChI is InChI=1S/C33H27F6N3O4/c34-32(35,36)24-15-26(30(43)44)40-25-8-7-20(14-22(24)25)42-11-9-31(10-12-42)16-18(17-31)13-23-28(41-46-29(23)19-5-6-19)21-3-1-2-4-27(21)45-33(37,38)39/h1-4,7-8,13-15,19H,5-6,9-12,16-17H2,(H,43,44). The number of benzene rings is 2. The van der Waals surface area contributed by atoms with Gasteiger partial charge in [-0.25, -0.2) is 9.78 Å². The molecule has 4 aromatic rings. The fourth-order valence-electron chi connectivity index (χ4n) is 6.72. The molecular formula is C33H27F6N3O4. The molecule has 0 unspecified atom stereocenters. The zero-order valence-corrected chi connectivity index (χ0v) is 24.2. The van der Waals surface area contributed by atoms with Gasteiger partial charge in [-0.2, -0.15) is 13.2 Å². The van der Waals surface area contributed by atoms with Crippen molar-refractivity contribution >= 4 is 28.6 Å². The van der Waals surface area contributed by atoms with Crippen molar-refractivity contribution in [2.45, 2.75) is 57.0 Å². The second kappa shape index (κ2) is 10.8. The van der Waals surface area contributed by atoms with Crippen molar-refractivity contribution in [3.63, 3.8) is 0 Å². The average molecular weight is 644 g/mol. The lowest BCUT2D eigenvalue weighted by Crippen LogP contribution is -2.44. The minimum atomic E-state index is -4.86. The third-order valence-electron chi connectivity index (χ3n) is 9.13. The lowest BCUT2D eigenvalue weighted by Gasteiger charge is -2.50. The van der Waals surface area contributed by atoms with Crippen LogP contribution in [0.1, 0.15) is 71.8 Å². The molecule has 0 atom stereocenters. The van der Waals surface area contributed by atoms with Crippen LogP contribution in [-0.4, -0.2) is 40.7 Å². The molecule has 3 aliphatic rings. The van der Waals surface area contributed by atoms with Crippen molar-refractivity contribution in [1.29, 1.82) is 0 Å². The summed E-state index contributed by atoms with van der Waals surface area (Å²) in [7, 11) is 0. The SMILES string of the molecule is O=C(O)c1cc(C(F)(F)F)c2cc(N3CCC4(CC3)CC(=Cc3c(-c5ccccc5OC(F)(F)F)noc3C3CC3)C4)ccc2n1. The van der Waals surface area contributed by atoms with Crippen LogP contribution in [-0.2, 0) is 6.18 Å². The molecule has 13 heteroatoms. The molecule has 2 aromatic heterocycles. The first-order valence-corrected chi connectivity index (χ1v) is 14.8. The van der Waals surface area contributed by atoms with E-state index in [4.69, 9.17) is 4.52 Å². The van der Waals surface area contributed by atoms with Gasteiger partial charge in [-0.15, -0.1) is 13.2 Å². The number of piperidine rings is 1. The Morgan fingerprint density at radius 1 is 1.02 bits per heavy atom. The molecule has 1 saturated heterocycles. The fraction of sp³-hybridized carbons (Fsp3) is 0.364. The van der Waals surface area contributed by atoms with Gasteiger partial charge in [-0.1, -0.05) is 22.9 Å². The van der Waals surface area contributed by atoms with Gasteiger partial charge in [0.1, 0.15) is 22.9 Å². The van der Waals surface area contributed by atoms with Gasteiger partial charge in [0.2, 0.25) is 0 Å². The number of nitrogens with zero attached hydrogens (tertiary/aromatic N) is 3. The molecule has 3 fully saturated rings. The molecule has 2 aliphatic carbocycles. The number of ether oxygens (including phenoxy) is 1. The molecule has 0 radical (unpaired) electrons. The van der Waals surface area contributed by atoms with Crippen molar-refractivity contribution in [3.05, 3.63) is 76.7 Å². The second-order valence-corrected chi connectivity index (χ2v) is 12.3.